The van der Waals surface area contributed by atoms with E-state index in [1.807, 2.05) is 23.1 Å². The maximum atomic E-state index is 13.4. The SMILES string of the molecule is CC(C)Cn1c(C(=O)N2CCCC2)cc2c(OC[C@@H](O)CN3CCC(c4ccc5ccccc5c4)CC3)cccc21.Cl. The molecule has 0 unspecified atom stereocenters. The molecule has 2 saturated heterocycles. The maximum absolute atomic E-state index is 13.4. The number of ether oxygens (including phenoxy) is 1. The molecule has 1 N–H and O–H groups in total. The van der Waals surface area contributed by atoms with E-state index in [-0.39, 0.29) is 24.9 Å². The van der Waals surface area contributed by atoms with Crippen LogP contribution >= 0.6 is 12.4 Å². The smallest absolute Gasteiger partial charge is 0.270 e. The van der Waals surface area contributed by atoms with Crippen LogP contribution in [0.4, 0.5) is 0 Å². The fraction of sp³-hybridized carbons (Fsp3) is 0.457. The second kappa shape index (κ2) is 13.5. The van der Waals surface area contributed by atoms with Crippen molar-refractivity contribution in [1.29, 1.82) is 0 Å². The molecule has 6 nitrogen and oxygen atoms in total. The van der Waals surface area contributed by atoms with Gasteiger partial charge in [-0.2, -0.15) is 0 Å². The number of β-amino-alcohol motifs (C(OH)–C–C–N with tert-alkyl or cyclic N) is 1. The Labute approximate surface area is 255 Å². The van der Waals surface area contributed by atoms with Crippen molar-refractivity contribution in [2.24, 2.45) is 5.92 Å². The number of rotatable bonds is 9. The first-order valence-electron chi connectivity index (χ1n) is 15.4. The van der Waals surface area contributed by atoms with Gasteiger partial charge in [-0.05, 0) is 85.1 Å². The van der Waals surface area contributed by atoms with E-state index in [2.05, 4.69) is 71.8 Å². The number of amides is 1. The van der Waals surface area contributed by atoms with Crippen LogP contribution in [0.2, 0.25) is 0 Å². The third kappa shape index (κ3) is 6.61. The van der Waals surface area contributed by atoms with Gasteiger partial charge in [-0.1, -0.05) is 62.4 Å². The van der Waals surface area contributed by atoms with Gasteiger partial charge in [0.2, 0.25) is 0 Å². The molecule has 0 radical (unpaired) electrons. The van der Waals surface area contributed by atoms with E-state index >= 15 is 0 Å². The van der Waals surface area contributed by atoms with Gasteiger partial charge in [0.1, 0.15) is 24.2 Å². The summed E-state index contributed by atoms with van der Waals surface area (Å²) in [6, 6.07) is 23.4. The monoisotopic (exact) mass is 589 g/mol. The van der Waals surface area contributed by atoms with Crippen LogP contribution in [0, 0.1) is 5.92 Å². The summed E-state index contributed by atoms with van der Waals surface area (Å²) < 4.78 is 8.37. The molecule has 7 heteroatoms. The fourth-order valence-electron chi connectivity index (χ4n) is 6.65. The average molecular weight is 590 g/mol. The van der Waals surface area contributed by atoms with E-state index in [1.165, 1.54) is 16.3 Å². The van der Waals surface area contributed by atoms with Crippen molar-refractivity contribution in [1.82, 2.24) is 14.4 Å². The highest BCUT2D eigenvalue weighted by atomic mass is 35.5. The minimum absolute atomic E-state index is 0. The summed E-state index contributed by atoms with van der Waals surface area (Å²) in [6.07, 6.45) is 3.77. The van der Waals surface area contributed by atoms with Gasteiger partial charge in [0.15, 0.2) is 0 Å². The summed E-state index contributed by atoms with van der Waals surface area (Å²) in [4.78, 5) is 17.7. The second-order valence-corrected chi connectivity index (χ2v) is 12.4. The van der Waals surface area contributed by atoms with Crippen molar-refractivity contribution >= 4 is 40.0 Å². The van der Waals surface area contributed by atoms with E-state index in [1.54, 1.807) is 0 Å². The minimum Gasteiger partial charge on any atom is -0.490 e. The molecule has 1 aromatic heterocycles. The second-order valence-electron chi connectivity index (χ2n) is 12.4. The molecule has 224 valence electrons. The number of nitrogens with zero attached hydrogens (tertiary/aromatic N) is 3. The van der Waals surface area contributed by atoms with Crippen molar-refractivity contribution in [3.05, 3.63) is 78.0 Å². The number of carbonyl (C=O) groups is 1. The van der Waals surface area contributed by atoms with Gasteiger partial charge < -0.3 is 24.2 Å². The predicted octanol–water partition coefficient (Wildman–Crippen LogP) is 6.73. The first-order chi connectivity index (χ1) is 20.0. The van der Waals surface area contributed by atoms with Gasteiger partial charge in [0.05, 0.1) is 5.52 Å². The van der Waals surface area contributed by atoms with Gasteiger partial charge in [-0.3, -0.25) is 4.79 Å². The van der Waals surface area contributed by atoms with Crippen molar-refractivity contribution < 1.29 is 14.6 Å². The number of carbonyl (C=O) groups excluding carboxylic acids is 1. The Kier molecular flexibility index (Phi) is 9.77. The summed E-state index contributed by atoms with van der Waals surface area (Å²) in [6.45, 7) is 9.58. The molecular weight excluding hydrogens is 546 g/mol. The number of halogens is 1. The van der Waals surface area contributed by atoms with Gasteiger partial charge >= 0.3 is 0 Å². The van der Waals surface area contributed by atoms with Crippen molar-refractivity contribution in [2.45, 2.75) is 58.1 Å². The normalized spacial score (nSPS) is 17.2. The number of aliphatic hydroxyl groups is 1. The van der Waals surface area contributed by atoms with Crippen LogP contribution in [0.5, 0.6) is 5.75 Å². The lowest BCUT2D eigenvalue weighted by molar-refractivity contribution is 0.0599. The summed E-state index contributed by atoms with van der Waals surface area (Å²) in [5.74, 6) is 1.81. The highest BCUT2D eigenvalue weighted by Crippen LogP contribution is 2.32. The Balaban J connectivity index is 0.00000353. The Morgan fingerprint density at radius 2 is 1.64 bits per heavy atom. The molecule has 2 fully saturated rings. The lowest BCUT2D eigenvalue weighted by Gasteiger charge is -2.33. The van der Waals surface area contributed by atoms with Gasteiger partial charge in [-0.15, -0.1) is 12.4 Å². The highest BCUT2D eigenvalue weighted by molar-refractivity contribution is 6.00. The number of aliphatic hydroxyl groups excluding tert-OH is 1. The number of hydrogen-bond acceptors (Lipinski definition) is 4. The number of piperidine rings is 1. The Hall–Kier alpha value is -3.06. The molecule has 1 amide bonds. The molecular formula is C35H44ClN3O3. The van der Waals surface area contributed by atoms with E-state index in [0.717, 1.165) is 80.8 Å². The molecule has 2 aliphatic rings. The molecule has 0 saturated carbocycles. The van der Waals surface area contributed by atoms with Gasteiger partial charge in [0.25, 0.3) is 5.91 Å². The molecule has 0 spiro atoms. The highest BCUT2D eigenvalue weighted by Gasteiger charge is 2.26. The van der Waals surface area contributed by atoms with Gasteiger partial charge in [-0.25, -0.2) is 0 Å². The summed E-state index contributed by atoms with van der Waals surface area (Å²) in [5.41, 5.74) is 3.18. The molecule has 3 heterocycles. The first kappa shape index (κ1) is 30.4. The Morgan fingerprint density at radius 3 is 2.38 bits per heavy atom. The Morgan fingerprint density at radius 1 is 0.905 bits per heavy atom. The molecule has 1 atom stereocenters. The van der Waals surface area contributed by atoms with E-state index < -0.39 is 6.10 Å². The molecule has 2 aliphatic heterocycles. The number of fused-ring (bicyclic) bond motifs is 2. The quantitative estimate of drug-likeness (QED) is 0.235. The zero-order valence-corrected chi connectivity index (χ0v) is 25.7. The molecule has 0 bridgehead atoms. The zero-order chi connectivity index (χ0) is 28.3. The van der Waals surface area contributed by atoms with Crippen LogP contribution in [0.15, 0.2) is 66.7 Å². The lowest BCUT2D eigenvalue weighted by Crippen LogP contribution is -2.40. The summed E-state index contributed by atoms with van der Waals surface area (Å²) in [7, 11) is 0. The Bertz CT molecular complexity index is 1500. The average Bonchev–Trinajstić information content (AvgIpc) is 3.65. The lowest BCUT2D eigenvalue weighted by atomic mass is 9.88. The first-order valence-corrected chi connectivity index (χ1v) is 15.4. The largest absolute Gasteiger partial charge is 0.490 e. The van der Waals surface area contributed by atoms with E-state index in [0.29, 0.717) is 18.4 Å². The third-order valence-corrected chi connectivity index (χ3v) is 8.80. The number of benzene rings is 3. The molecule has 0 aliphatic carbocycles. The maximum Gasteiger partial charge on any atom is 0.270 e. The van der Waals surface area contributed by atoms with Crippen molar-refractivity contribution in [3.8, 4) is 5.75 Å². The molecule has 42 heavy (non-hydrogen) atoms. The van der Waals surface area contributed by atoms with Crippen LogP contribution in [-0.4, -0.2) is 70.8 Å². The third-order valence-electron chi connectivity index (χ3n) is 8.80. The number of hydrogen-bond donors (Lipinski definition) is 1. The van der Waals surface area contributed by atoms with Crippen LogP contribution in [0.1, 0.15) is 61.5 Å². The van der Waals surface area contributed by atoms with Crippen molar-refractivity contribution in [3.63, 3.8) is 0 Å². The fourth-order valence-corrected chi connectivity index (χ4v) is 6.65. The predicted molar refractivity (Wildman–Crippen MR) is 173 cm³/mol. The minimum atomic E-state index is -0.578. The van der Waals surface area contributed by atoms with Crippen molar-refractivity contribution in [2.75, 3.05) is 39.3 Å². The van der Waals surface area contributed by atoms with E-state index in [4.69, 9.17) is 4.74 Å². The number of likely N-dealkylation sites (tertiary alicyclic amines) is 2. The van der Waals surface area contributed by atoms with Crippen LogP contribution in [-0.2, 0) is 6.54 Å². The zero-order valence-electron chi connectivity index (χ0n) is 24.9. The standard InChI is InChI=1S/C35H43N3O3.ClH/c1-25(2)22-38-32-10-7-11-34(31(32)21-33(38)35(40)37-16-5-6-17-37)41-24-30(39)23-36-18-14-27(15-19-36)29-13-12-26-8-3-4-9-28(26)20-29;/h3-4,7-13,20-21,25,27,30,39H,5-6,14-19,22-24H2,1-2H3;1H/t30-;/m0./s1. The van der Waals surface area contributed by atoms with Crippen LogP contribution in [0.25, 0.3) is 21.7 Å². The summed E-state index contributed by atoms with van der Waals surface area (Å²) >= 11 is 0. The molecule has 4 aromatic rings. The summed E-state index contributed by atoms with van der Waals surface area (Å²) in [5, 5.41) is 14.5. The van der Waals surface area contributed by atoms with Gasteiger partial charge in [0, 0.05) is 31.6 Å². The number of aromatic nitrogens is 1. The van der Waals surface area contributed by atoms with Crippen LogP contribution < -0.4 is 4.74 Å². The molecule has 3 aromatic carbocycles. The van der Waals surface area contributed by atoms with Crippen LogP contribution in [0.3, 0.4) is 0 Å². The van der Waals surface area contributed by atoms with E-state index in [9.17, 15) is 9.90 Å². The topological polar surface area (TPSA) is 57.9 Å². The molecule has 6 rings (SSSR count).